The molecule has 8 heteroatoms. The average molecular weight is 834 g/mol. The molecular weight excluding hydrogens is 786 g/mol. The van der Waals surface area contributed by atoms with Gasteiger partial charge in [-0.25, -0.2) is 0 Å². The SMILES string of the molecule is CP(C)c1cc2ccccc2[cH-]1.CP(C)c1cc2ccccc2[cH-]1.CP(C)c1cc2ccccc2[cH-]1.CP(C)c1cc2ccccc2[cH-]1.[F-].[F-].[Ti+2].[Ti+2]. The Kier molecular flexibility index (Phi) is 21.7. The molecule has 0 fully saturated rings. The van der Waals surface area contributed by atoms with Crippen LogP contribution >= 0.6 is 31.7 Å². The maximum atomic E-state index is 2.31. The van der Waals surface area contributed by atoms with E-state index in [4.69, 9.17) is 0 Å². The van der Waals surface area contributed by atoms with E-state index in [2.05, 4.69) is 199 Å². The summed E-state index contributed by atoms with van der Waals surface area (Å²) in [7, 11) is 0.230. The third kappa shape index (κ3) is 13.3. The minimum atomic E-state index is 0. The predicted octanol–water partition coefficient (Wildman–Crippen LogP) is 5.71. The van der Waals surface area contributed by atoms with Crippen LogP contribution in [-0.4, -0.2) is 53.3 Å². The molecule has 52 heavy (non-hydrogen) atoms. The molecule has 0 bridgehead atoms. The Labute approximate surface area is 345 Å². The van der Waals surface area contributed by atoms with Crippen LogP contribution in [0.1, 0.15) is 0 Å². The third-order valence-electron chi connectivity index (χ3n) is 8.48. The molecule has 8 aromatic carbocycles. The predicted molar refractivity (Wildman–Crippen MR) is 232 cm³/mol. The minimum Gasteiger partial charge on any atom is -1.00 e. The van der Waals surface area contributed by atoms with Gasteiger partial charge < -0.3 is 9.41 Å². The zero-order chi connectivity index (χ0) is 34.2. The summed E-state index contributed by atoms with van der Waals surface area (Å²) in [6.07, 6.45) is 0. The molecule has 8 aromatic rings. The van der Waals surface area contributed by atoms with Crippen molar-refractivity contribution in [1.29, 1.82) is 0 Å². The van der Waals surface area contributed by atoms with Gasteiger partial charge in [0.2, 0.25) is 0 Å². The van der Waals surface area contributed by atoms with Gasteiger partial charge in [0, 0.05) is 0 Å². The van der Waals surface area contributed by atoms with E-state index in [1.165, 1.54) is 64.3 Å². The third-order valence-corrected chi connectivity index (χ3v) is 13.6. The first-order valence-corrected chi connectivity index (χ1v) is 25.3. The largest absolute Gasteiger partial charge is 2.00 e. The monoisotopic (exact) mass is 834 g/mol. The van der Waals surface area contributed by atoms with Gasteiger partial charge in [-0.3, -0.25) is 0 Å². The van der Waals surface area contributed by atoms with Crippen LogP contribution in [-0.2, 0) is 43.4 Å². The topological polar surface area (TPSA) is 0 Å². The number of halogens is 2. The van der Waals surface area contributed by atoms with Crippen molar-refractivity contribution in [2.75, 3.05) is 53.3 Å². The van der Waals surface area contributed by atoms with E-state index in [-0.39, 0.29) is 84.5 Å². The van der Waals surface area contributed by atoms with Gasteiger partial charge in [-0.2, -0.15) is 24.3 Å². The second-order valence-electron chi connectivity index (χ2n) is 12.9. The minimum absolute atomic E-state index is 0. The summed E-state index contributed by atoms with van der Waals surface area (Å²) in [5, 5.41) is 17.1. The molecule has 0 aromatic heterocycles. The second kappa shape index (κ2) is 23.3. The van der Waals surface area contributed by atoms with Crippen LogP contribution in [0.2, 0.25) is 0 Å². The maximum absolute atomic E-state index is 2.31. The second-order valence-corrected chi connectivity index (χ2v) is 22.2. The van der Waals surface area contributed by atoms with Gasteiger partial charge in [-0.1, -0.05) is 24.3 Å². The summed E-state index contributed by atoms with van der Waals surface area (Å²) in [5.74, 6) is 0. The number of hydrogen-bond acceptors (Lipinski definition) is 0. The van der Waals surface area contributed by atoms with Crippen LogP contribution in [0.5, 0.6) is 0 Å². The molecule has 8 rings (SSSR count). The van der Waals surface area contributed by atoms with Gasteiger partial charge in [0.25, 0.3) is 0 Å². The maximum Gasteiger partial charge on any atom is 2.00 e. The molecule has 0 atom stereocenters. The van der Waals surface area contributed by atoms with Crippen LogP contribution in [0, 0.1) is 0 Å². The number of rotatable bonds is 4. The van der Waals surface area contributed by atoms with E-state index in [0.717, 1.165) is 0 Å². The van der Waals surface area contributed by atoms with Crippen molar-refractivity contribution in [2.45, 2.75) is 0 Å². The number of benzene rings is 4. The van der Waals surface area contributed by atoms with Gasteiger partial charge in [-0.05, 0) is 53.3 Å². The Morgan fingerprint density at radius 3 is 0.635 bits per heavy atom. The zero-order valence-electron chi connectivity index (χ0n) is 31.4. The zero-order valence-corrected chi connectivity index (χ0v) is 38.1. The van der Waals surface area contributed by atoms with E-state index in [9.17, 15) is 0 Å². The summed E-state index contributed by atoms with van der Waals surface area (Å²) in [4.78, 5) is 0. The standard InChI is InChI=1S/4C11H12P.2FH.2Ti/c4*1-12(2)11-7-9-5-3-4-6-10(9)8-11;;;;/h4*3-8H,1-2H3;2*1H;;/q4*-1;;;2*+2/p-2. The molecule has 0 heterocycles. The summed E-state index contributed by atoms with van der Waals surface area (Å²) < 4.78 is 0. The Bertz CT molecular complexity index is 1740. The van der Waals surface area contributed by atoms with Gasteiger partial charge in [0.15, 0.2) is 0 Å². The molecule has 0 aliphatic heterocycles. The van der Waals surface area contributed by atoms with E-state index in [0.29, 0.717) is 0 Å². The first-order chi connectivity index (χ1) is 23.1. The molecule has 0 amide bonds. The van der Waals surface area contributed by atoms with E-state index in [1.807, 2.05) is 0 Å². The Hall–Kier alpha value is -1.67. The number of fused-ring (bicyclic) bond motifs is 4. The van der Waals surface area contributed by atoms with Gasteiger partial charge in [-0.15, -0.1) is 193 Å². The van der Waals surface area contributed by atoms with E-state index < -0.39 is 0 Å². The molecule has 0 N–H and O–H groups in total. The molecule has 0 aliphatic carbocycles. The van der Waals surface area contributed by atoms with Crippen LogP contribution in [0.15, 0.2) is 146 Å². The fraction of sp³-hybridized carbons (Fsp3) is 0.182. The first kappa shape index (κ1) is 48.3. The summed E-state index contributed by atoms with van der Waals surface area (Å²) in [6, 6.07) is 52.7. The van der Waals surface area contributed by atoms with Crippen LogP contribution < -0.4 is 30.6 Å². The molecule has 0 radical (unpaired) electrons. The van der Waals surface area contributed by atoms with Crippen LogP contribution in [0.25, 0.3) is 43.1 Å². The molecule has 0 saturated carbocycles. The molecule has 0 spiro atoms. The normalized spacial score (nSPS) is 10.4. The van der Waals surface area contributed by atoms with Crippen molar-refractivity contribution < 1.29 is 52.8 Å². The van der Waals surface area contributed by atoms with Crippen molar-refractivity contribution in [2.24, 2.45) is 0 Å². The van der Waals surface area contributed by atoms with Crippen molar-refractivity contribution in [3.8, 4) is 0 Å². The van der Waals surface area contributed by atoms with Gasteiger partial charge >= 0.3 is 43.4 Å². The fourth-order valence-electron chi connectivity index (χ4n) is 5.57. The van der Waals surface area contributed by atoms with Crippen molar-refractivity contribution in [3.05, 3.63) is 146 Å². The van der Waals surface area contributed by atoms with E-state index in [1.54, 1.807) is 0 Å². The first-order valence-electron chi connectivity index (χ1n) is 16.4. The van der Waals surface area contributed by atoms with Crippen LogP contribution in [0.4, 0.5) is 0 Å². The molecule has 0 aliphatic rings. The fourth-order valence-corrected chi connectivity index (χ4v) is 8.75. The van der Waals surface area contributed by atoms with Crippen molar-refractivity contribution in [1.82, 2.24) is 0 Å². The molecule has 268 valence electrons. The van der Waals surface area contributed by atoms with Crippen molar-refractivity contribution in [3.63, 3.8) is 0 Å². The molecule has 0 saturated heterocycles. The summed E-state index contributed by atoms with van der Waals surface area (Å²) in [5.41, 5.74) is 0. The van der Waals surface area contributed by atoms with Crippen LogP contribution in [0.3, 0.4) is 0 Å². The average Bonchev–Trinajstić information content (AvgIpc) is 3.89. The number of hydrogen-bond donors (Lipinski definition) is 0. The molecule has 0 nitrogen and oxygen atoms in total. The quantitative estimate of drug-likeness (QED) is 0.121. The smallest absolute Gasteiger partial charge is 1.00 e. The van der Waals surface area contributed by atoms with Gasteiger partial charge in [0.05, 0.1) is 0 Å². The van der Waals surface area contributed by atoms with Crippen molar-refractivity contribution >= 4 is 96.0 Å². The molecule has 0 unspecified atom stereocenters. The summed E-state index contributed by atoms with van der Waals surface area (Å²) in [6.45, 7) is 18.4. The Balaban J connectivity index is 0.000000338. The summed E-state index contributed by atoms with van der Waals surface area (Å²) >= 11 is 0. The Morgan fingerprint density at radius 2 is 0.481 bits per heavy atom. The van der Waals surface area contributed by atoms with Gasteiger partial charge in [0.1, 0.15) is 0 Å². The Morgan fingerprint density at radius 1 is 0.308 bits per heavy atom. The van der Waals surface area contributed by atoms with E-state index >= 15 is 0 Å². The molecular formula is C44H48F2P4Ti2-2.